The normalized spacial score (nSPS) is 14.5. The Morgan fingerprint density at radius 2 is 1.79 bits per heavy atom. The molecule has 38 heavy (non-hydrogen) atoms. The number of para-hydroxylation sites is 1. The molecule has 0 spiro atoms. The van der Waals surface area contributed by atoms with Gasteiger partial charge in [0.25, 0.3) is 0 Å². The van der Waals surface area contributed by atoms with Crippen LogP contribution in [0, 0.1) is 13.8 Å². The van der Waals surface area contributed by atoms with E-state index in [1.807, 2.05) is 69.3 Å². The summed E-state index contributed by atoms with van der Waals surface area (Å²) in [5.41, 5.74) is 6.45. The lowest BCUT2D eigenvalue weighted by Gasteiger charge is -2.44. The Morgan fingerprint density at radius 3 is 2.45 bits per heavy atom. The van der Waals surface area contributed by atoms with E-state index in [1.54, 1.807) is 0 Å². The molecule has 6 heteroatoms. The minimum Gasteiger partial charge on any atom is -0.508 e. The number of aryl methyl sites for hydroxylation is 1. The van der Waals surface area contributed by atoms with E-state index in [9.17, 15) is 9.90 Å². The highest BCUT2D eigenvalue weighted by atomic mass is 16.3. The SMILES string of the molecule is C=C(O)c1ccccc1NC(C)c1cc(C)cc2c(=O)c(C)c(-c3ccc(N4CC(N(C)C)C4)cc3)oc12. The first-order chi connectivity index (χ1) is 18.1. The fraction of sp³-hybridized carbons (Fsp3) is 0.281. The first-order valence-electron chi connectivity index (χ1n) is 13.0. The van der Waals surface area contributed by atoms with E-state index in [0.717, 1.165) is 35.5 Å². The molecule has 2 heterocycles. The van der Waals surface area contributed by atoms with Crippen LogP contribution in [-0.4, -0.2) is 43.2 Å². The smallest absolute Gasteiger partial charge is 0.196 e. The van der Waals surface area contributed by atoms with Crippen LogP contribution in [0.25, 0.3) is 28.1 Å². The minimum absolute atomic E-state index is 0.00208. The average Bonchev–Trinajstić information content (AvgIpc) is 2.85. The number of hydrogen-bond donors (Lipinski definition) is 2. The summed E-state index contributed by atoms with van der Waals surface area (Å²) in [6.07, 6.45) is 0. The van der Waals surface area contributed by atoms with E-state index < -0.39 is 0 Å². The number of fused-ring (bicyclic) bond motifs is 1. The van der Waals surface area contributed by atoms with Crippen molar-refractivity contribution in [2.24, 2.45) is 0 Å². The summed E-state index contributed by atoms with van der Waals surface area (Å²) >= 11 is 0. The molecule has 196 valence electrons. The third-order valence-corrected chi connectivity index (χ3v) is 7.56. The van der Waals surface area contributed by atoms with Crippen molar-refractivity contribution < 1.29 is 9.52 Å². The molecule has 1 aliphatic heterocycles. The van der Waals surface area contributed by atoms with Gasteiger partial charge in [0, 0.05) is 52.8 Å². The number of aliphatic hydroxyl groups excluding tert-OH is 1. The molecule has 1 aliphatic rings. The number of anilines is 2. The summed E-state index contributed by atoms with van der Waals surface area (Å²) in [6.45, 7) is 11.5. The zero-order valence-corrected chi connectivity index (χ0v) is 22.7. The van der Waals surface area contributed by atoms with Crippen molar-refractivity contribution in [1.82, 2.24) is 4.90 Å². The van der Waals surface area contributed by atoms with Gasteiger partial charge in [-0.1, -0.05) is 24.8 Å². The molecule has 1 atom stereocenters. The zero-order chi connectivity index (χ0) is 27.1. The highest BCUT2D eigenvalue weighted by Crippen LogP contribution is 2.34. The lowest BCUT2D eigenvalue weighted by Crippen LogP contribution is -2.57. The lowest BCUT2D eigenvalue weighted by molar-refractivity contribution is 0.247. The Balaban J connectivity index is 1.53. The zero-order valence-electron chi connectivity index (χ0n) is 22.7. The Labute approximate surface area is 223 Å². The van der Waals surface area contributed by atoms with E-state index in [4.69, 9.17) is 4.42 Å². The van der Waals surface area contributed by atoms with Gasteiger partial charge in [-0.15, -0.1) is 0 Å². The first kappa shape index (κ1) is 25.6. The molecular formula is C32H35N3O3. The van der Waals surface area contributed by atoms with Gasteiger partial charge in [0.15, 0.2) is 5.43 Å². The van der Waals surface area contributed by atoms with E-state index in [1.165, 1.54) is 5.69 Å². The van der Waals surface area contributed by atoms with Crippen molar-refractivity contribution in [3.05, 3.63) is 99.7 Å². The molecule has 3 aromatic carbocycles. The second-order valence-corrected chi connectivity index (χ2v) is 10.5. The second kappa shape index (κ2) is 10.0. The minimum atomic E-state index is -0.199. The van der Waals surface area contributed by atoms with Gasteiger partial charge in [-0.3, -0.25) is 4.79 Å². The van der Waals surface area contributed by atoms with Crippen molar-refractivity contribution in [3.8, 4) is 11.3 Å². The molecule has 5 rings (SSSR count). The van der Waals surface area contributed by atoms with Crippen LogP contribution in [0.15, 0.2) is 76.5 Å². The molecule has 0 bridgehead atoms. The molecule has 6 nitrogen and oxygen atoms in total. The van der Waals surface area contributed by atoms with Crippen molar-refractivity contribution in [1.29, 1.82) is 0 Å². The summed E-state index contributed by atoms with van der Waals surface area (Å²) in [4.78, 5) is 18.2. The standard InChI is InChI=1S/C32H35N3O3/c1-19-15-27(21(3)33-29-10-8-7-9-26(29)22(4)36)32-28(16-19)30(37)20(2)31(38-32)23-11-13-24(14-12-23)35-17-25(18-35)34(5)6/h7-16,21,25,33,36H,4,17-18H2,1-3,5-6H3. The molecule has 0 amide bonds. The predicted octanol–water partition coefficient (Wildman–Crippen LogP) is 6.53. The topological polar surface area (TPSA) is 69.0 Å². The molecule has 2 N–H and O–H groups in total. The quantitative estimate of drug-likeness (QED) is 0.276. The Hall–Kier alpha value is -4.03. The molecule has 4 aromatic rings. The summed E-state index contributed by atoms with van der Waals surface area (Å²) in [5, 5.41) is 14.1. The number of benzene rings is 3. The summed E-state index contributed by atoms with van der Waals surface area (Å²) in [6, 6.07) is 20.1. The molecule has 1 saturated heterocycles. The van der Waals surface area contributed by atoms with Crippen LogP contribution in [-0.2, 0) is 0 Å². The number of nitrogens with one attached hydrogen (secondary N) is 1. The lowest BCUT2D eigenvalue weighted by atomic mass is 9.98. The van der Waals surface area contributed by atoms with Gasteiger partial charge in [-0.25, -0.2) is 0 Å². The highest BCUT2D eigenvalue weighted by molar-refractivity contribution is 5.85. The Bertz CT molecular complexity index is 1560. The monoisotopic (exact) mass is 509 g/mol. The Kier molecular flexibility index (Phi) is 6.76. The van der Waals surface area contributed by atoms with Gasteiger partial charge in [-0.05, 0) is 82.9 Å². The first-order valence-corrected chi connectivity index (χ1v) is 13.0. The molecule has 0 aliphatic carbocycles. The maximum atomic E-state index is 13.5. The third-order valence-electron chi connectivity index (χ3n) is 7.56. The maximum absolute atomic E-state index is 13.5. The highest BCUT2D eigenvalue weighted by Gasteiger charge is 2.28. The van der Waals surface area contributed by atoms with Gasteiger partial charge in [0.05, 0.1) is 11.4 Å². The fourth-order valence-electron chi connectivity index (χ4n) is 5.15. The van der Waals surface area contributed by atoms with Gasteiger partial charge in [0.1, 0.15) is 17.1 Å². The molecular weight excluding hydrogens is 474 g/mol. The third kappa shape index (κ3) is 4.68. The summed E-state index contributed by atoms with van der Waals surface area (Å²) < 4.78 is 6.54. The number of hydrogen-bond acceptors (Lipinski definition) is 6. The van der Waals surface area contributed by atoms with Crippen molar-refractivity contribution in [3.63, 3.8) is 0 Å². The number of likely N-dealkylation sites (N-methyl/N-ethyl adjacent to an activating group) is 1. The van der Waals surface area contributed by atoms with E-state index >= 15 is 0 Å². The number of aliphatic hydroxyl groups is 1. The van der Waals surface area contributed by atoms with Crippen LogP contribution in [0.3, 0.4) is 0 Å². The van der Waals surface area contributed by atoms with Crippen LogP contribution in [0.1, 0.15) is 35.2 Å². The van der Waals surface area contributed by atoms with Crippen LogP contribution in [0.4, 0.5) is 11.4 Å². The van der Waals surface area contributed by atoms with Crippen molar-refractivity contribution in [2.75, 3.05) is 37.4 Å². The molecule has 1 unspecified atom stereocenters. The maximum Gasteiger partial charge on any atom is 0.196 e. The van der Waals surface area contributed by atoms with Crippen molar-refractivity contribution in [2.45, 2.75) is 32.9 Å². The van der Waals surface area contributed by atoms with E-state index in [-0.39, 0.29) is 17.2 Å². The van der Waals surface area contributed by atoms with Gasteiger partial charge in [0.2, 0.25) is 0 Å². The van der Waals surface area contributed by atoms with Gasteiger partial charge < -0.3 is 24.6 Å². The largest absolute Gasteiger partial charge is 0.508 e. The van der Waals surface area contributed by atoms with Crippen LogP contribution < -0.4 is 15.6 Å². The van der Waals surface area contributed by atoms with Crippen LogP contribution in [0.2, 0.25) is 0 Å². The predicted molar refractivity (Wildman–Crippen MR) is 157 cm³/mol. The second-order valence-electron chi connectivity index (χ2n) is 10.5. The van der Waals surface area contributed by atoms with E-state index in [0.29, 0.717) is 33.9 Å². The van der Waals surface area contributed by atoms with Crippen molar-refractivity contribution >= 4 is 28.1 Å². The van der Waals surface area contributed by atoms with E-state index in [2.05, 4.69) is 47.9 Å². The molecule has 0 saturated carbocycles. The van der Waals surface area contributed by atoms with Gasteiger partial charge in [-0.2, -0.15) is 0 Å². The molecule has 1 aromatic heterocycles. The average molecular weight is 510 g/mol. The van der Waals surface area contributed by atoms with Crippen LogP contribution >= 0.6 is 0 Å². The van der Waals surface area contributed by atoms with Gasteiger partial charge >= 0.3 is 0 Å². The molecule has 0 radical (unpaired) electrons. The molecule has 1 fully saturated rings. The van der Waals surface area contributed by atoms with Crippen LogP contribution in [0.5, 0.6) is 0 Å². The Morgan fingerprint density at radius 1 is 1.11 bits per heavy atom. The number of rotatable bonds is 7. The fourth-order valence-corrected chi connectivity index (χ4v) is 5.15. The number of nitrogens with zero attached hydrogens (tertiary/aromatic N) is 2. The summed E-state index contributed by atoms with van der Waals surface area (Å²) in [5.74, 6) is 0.586. The summed E-state index contributed by atoms with van der Waals surface area (Å²) in [7, 11) is 4.23.